The lowest BCUT2D eigenvalue weighted by Crippen LogP contribution is -2.20. The van der Waals surface area contributed by atoms with Gasteiger partial charge in [-0.25, -0.2) is 13.1 Å². The van der Waals surface area contributed by atoms with Crippen molar-refractivity contribution in [3.05, 3.63) is 18.5 Å². The lowest BCUT2D eigenvalue weighted by molar-refractivity contribution is 0.588. The summed E-state index contributed by atoms with van der Waals surface area (Å²) in [6, 6.07) is 1.65. The summed E-state index contributed by atoms with van der Waals surface area (Å²) in [5.41, 5.74) is 0.584. The van der Waals surface area contributed by atoms with Crippen LogP contribution >= 0.6 is 0 Å². The normalized spacial score (nSPS) is 11.3. The predicted octanol–water partition coefficient (Wildman–Crippen LogP) is 0.812. The van der Waals surface area contributed by atoms with Crippen LogP contribution in [0.15, 0.2) is 23.4 Å². The minimum absolute atomic E-state index is 0.181. The average Bonchev–Trinajstić information content (AvgIpc) is 2.26. The number of aromatic nitrogens is 1. The van der Waals surface area contributed by atoms with Crippen LogP contribution < -0.4 is 10.0 Å². The predicted molar refractivity (Wildman–Crippen MR) is 59.3 cm³/mol. The molecule has 0 aliphatic rings. The summed E-state index contributed by atoms with van der Waals surface area (Å²) in [4.78, 5) is 3.99. The fourth-order valence-corrected chi connectivity index (χ4v) is 1.96. The molecule has 0 spiro atoms. The number of hydrogen-bond acceptors (Lipinski definition) is 4. The highest BCUT2D eigenvalue weighted by molar-refractivity contribution is 7.89. The molecule has 6 heteroatoms. The number of rotatable bonds is 5. The van der Waals surface area contributed by atoms with Crippen LogP contribution in [0, 0.1) is 0 Å². The van der Waals surface area contributed by atoms with Crippen molar-refractivity contribution in [2.75, 3.05) is 18.9 Å². The third kappa shape index (κ3) is 2.90. The molecule has 0 aliphatic carbocycles. The number of sulfonamides is 1. The quantitative estimate of drug-likeness (QED) is 0.784. The Morgan fingerprint density at radius 1 is 1.47 bits per heavy atom. The van der Waals surface area contributed by atoms with Crippen molar-refractivity contribution >= 4 is 15.7 Å². The Morgan fingerprint density at radius 3 is 2.80 bits per heavy atom. The summed E-state index contributed by atoms with van der Waals surface area (Å²) in [5, 5.41) is 3.04. The van der Waals surface area contributed by atoms with Crippen molar-refractivity contribution < 1.29 is 8.42 Å². The molecule has 0 fully saturated rings. The highest BCUT2D eigenvalue weighted by Gasteiger charge is 2.15. The lowest BCUT2D eigenvalue weighted by Gasteiger charge is -2.10. The second-order valence-electron chi connectivity index (χ2n) is 3.01. The lowest BCUT2D eigenvalue weighted by atomic mass is 10.4. The summed E-state index contributed by atoms with van der Waals surface area (Å²) < 4.78 is 25.5. The first kappa shape index (κ1) is 11.9. The molecule has 1 rings (SSSR count). The zero-order valence-corrected chi connectivity index (χ0v) is 9.63. The van der Waals surface area contributed by atoms with E-state index in [1.54, 1.807) is 12.3 Å². The highest BCUT2D eigenvalue weighted by atomic mass is 32.2. The number of nitrogens with one attached hydrogen (secondary N) is 2. The molecule has 5 nitrogen and oxygen atoms in total. The van der Waals surface area contributed by atoms with Crippen molar-refractivity contribution in [2.24, 2.45) is 0 Å². The maximum absolute atomic E-state index is 11.6. The second-order valence-corrected chi connectivity index (χ2v) is 4.86. The molecule has 2 N–H and O–H groups in total. The molecular formula is C9H15N3O2S. The van der Waals surface area contributed by atoms with E-state index >= 15 is 0 Å². The zero-order valence-electron chi connectivity index (χ0n) is 8.82. The van der Waals surface area contributed by atoms with Gasteiger partial charge in [0.2, 0.25) is 10.0 Å². The standard InChI is InChI=1S/C9H15N3O2S/c1-3-5-12-8-4-6-11-7-9(8)15(13,14)10-2/h4,6-7,10H,3,5H2,1-2H3,(H,11,12). The molecule has 0 aromatic carbocycles. The number of anilines is 1. The zero-order chi connectivity index (χ0) is 11.3. The fourth-order valence-electron chi connectivity index (χ4n) is 1.11. The molecule has 1 aromatic rings. The summed E-state index contributed by atoms with van der Waals surface area (Å²) in [6.07, 6.45) is 3.83. The van der Waals surface area contributed by atoms with Gasteiger partial charge in [-0.3, -0.25) is 4.98 Å². The van der Waals surface area contributed by atoms with Gasteiger partial charge >= 0.3 is 0 Å². The van der Waals surface area contributed by atoms with Gasteiger partial charge in [-0.2, -0.15) is 0 Å². The van der Waals surface area contributed by atoms with E-state index in [4.69, 9.17) is 0 Å². The van der Waals surface area contributed by atoms with E-state index in [1.807, 2.05) is 6.92 Å². The molecule has 0 bridgehead atoms. The summed E-state index contributed by atoms with van der Waals surface area (Å²) >= 11 is 0. The molecule has 0 radical (unpaired) electrons. The van der Waals surface area contributed by atoms with Gasteiger partial charge in [-0.15, -0.1) is 0 Å². The van der Waals surface area contributed by atoms with Gasteiger partial charge in [0.25, 0.3) is 0 Å². The smallest absolute Gasteiger partial charge is 0.243 e. The number of pyridine rings is 1. The van der Waals surface area contributed by atoms with Crippen molar-refractivity contribution in [1.29, 1.82) is 0 Å². The van der Waals surface area contributed by atoms with Crippen molar-refractivity contribution in [3.63, 3.8) is 0 Å². The van der Waals surface area contributed by atoms with Crippen LogP contribution in [0.2, 0.25) is 0 Å². The van der Waals surface area contributed by atoms with E-state index in [1.165, 1.54) is 13.2 Å². The van der Waals surface area contributed by atoms with Crippen LogP contribution in [-0.2, 0) is 10.0 Å². The summed E-state index contributed by atoms with van der Waals surface area (Å²) in [6.45, 7) is 2.75. The third-order valence-electron chi connectivity index (χ3n) is 1.91. The Balaban J connectivity index is 3.07. The van der Waals surface area contributed by atoms with Crippen LogP contribution in [0.1, 0.15) is 13.3 Å². The molecule has 0 atom stereocenters. The molecule has 15 heavy (non-hydrogen) atoms. The van der Waals surface area contributed by atoms with E-state index in [9.17, 15) is 8.42 Å². The molecule has 1 aromatic heterocycles. The van der Waals surface area contributed by atoms with E-state index in [0.29, 0.717) is 5.69 Å². The van der Waals surface area contributed by atoms with Gasteiger partial charge in [0, 0.05) is 18.9 Å². The minimum atomic E-state index is -3.43. The Bertz CT molecular complexity index is 417. The molecule has 0 aliphatic heterocycles. The van der Waals surface area contributed by atoms with Gasteiger partial charge in [-0.05, 0) is 19.5 Å². The van der Waals surface area contributed by atoms with E-state index in [0.717, 1.165) is 13.0 Å². The first-order chi connectivity index (χ1) is 7.11. The Kier molecular flexibility index (Phi) is 4.05. The maximum atomic E-state index is 11.6. The monoisotopic (exact) mass is 229 g/mol. The molecule has 0 saturated carbocycles. The van der Waals surface area contributed by atoms with Crippen LogP contribution in [0.3, 0.4) is 0 Å². The maximum Gasteiger partial charge on any atom is 0.243 e. The molecule has 0 saturated heterocycles. The Labute approximate surface area is 90.0 Å². The van der Waals surface area contributed by atoms with Gasteiger partial charge < -0.3 is 5.32 Å². The van der Waals surface area contributed by atoms with Gasteiger partial charge in [0.1, 0.15) is 4.90 Å². The van der Waals surface area contributed by atoms with Crippen LogP contribution in [0.25, 0.3) is 0 Å². The number of nitrogens with zero attached hydrogens (tertiary/aromatic N) is 1. The number of hydrogen-bond donors (Lipinski definition) is 2. The second kappa shape index (κ2) is 5.09. The summed E-state index contributed by atoms with van der Waals surface area (Å²) in [7, 11) is -2.05. The van der Waals surface area contributed by atoms with Crippen LogP contribution in [0.5, 0.6) is 0 Å². The molecule has 1 heterocycles. The van der Waals surface area contributed by atoms with Crippen LogP contribution in [0.4, 0.5) is 5.69 Å². The van der Waals surface area contributed by atoms with Gasteiger partial charge in [0.15, 0.2) is 0 Å². The molecule has 84 valence electrons. The third-order valence-corrected chi connectivity index (χ3v) is 3.35. The average molecular weight is 229 g/mol. The van der Waals surface area contributed by atoms with E-state index in [2.05, 4.69) is 15.0 Å². The van der Waals surface area contributed by atoms with Crippen LogP contribution in [-0.4, -0.2) is 27.0 Å². The van der Waals surface area contributed by atoms with Crippen molar-refractivity contribution in [3.8, 4) is 0 Å². The van der Waals surface area contributed by atoms with Crippen molar-refractivity contribution in [1.82, 2.24) is 9.71 Å². The Hall–Kier alpha value is -1.14. The summed E-state index contributed by atoms with van der Waals surface area (Å²) in [5.74, 6) is 0. The topological polar surface area (TPSA) is 71.1 Å². The fraction of sp³-hybridized carbons (Fsp3) is 0.444. The van der Waals surface area contributed by atoms with Gasteiger partial charge in [0.05, 0.1) is 5.69 Å². The SMILES string of the molecule is CCCNc1ccncc1S(=O)(=O)NC. The molecule has 0 amide bonds. The van der Waals surface area contributed by atoms with Crippen molar-refractivity contribution in [2.45, 2.75) is 18.2 Å². The largest absolute Gasteiger partial charge is 0.384 e. The van der Waals surface area contributed by atoms with E-state index < -0.39 is 10.0 Å². The molecule has 0 unspecified atom stereocenters. The van der Waals surface area contributed by atoms with E-state index in [-0.39, 0.29) is 4.90 Å². The molecular weight excluding hydrogens is 214 g/mol. The minimum Gasteiger partial charge on any atom is -0.384 e. The first-order valence-corrected chi connectivity index (χ1v) is 6.21. The highest BCUT2D eigenvalue weighted by Crippen LogP contribution is 2.18. The Morgan fingerprint density at radius 2 is 2.20 bits per heavy atom. The first-order valence-electron chi connectivity index (χ1n) is 4.73. The van der Waals surface area contributed by atoms with Gasteiger partial charge in [-0.1, -0.05) is 6.92 Å².